The number of fused-ring (bicyclic) bond motifs is 1. The second kappa shape index (κ2) is 7.12. The Morgan fingerprint density at radius 1 is 1.04 bits per heavy atom. The summed E-state index contributed by atoms with van der Waals surface area (Å²) in [5, 5.41) is 4.51. The molecule has 0 aliphatic rings. The number of methoxy groups -OCH3 is 3. The van der Waals surface area contributed by atoms with Crippen LogP contribution in [0, 0.1) is 0 Å². The minimum absolute atomic E-state index is 0.285. The molecule has 0 saturated carbocycles. The molecule has 8 nitrogen and oxygen atoms in total. The number of sulfonamides is 1. The number of nitrogens with zero attached hydrogens (tertiary/aromatic N) is 1. The molecule has 3 rings (SSSR count). The fraction of sp³-hybridized carbons (Fsp3) is 0.235. The van der Waals surface area contributed by atoms with Gasteiger partial charge in [0.1, 0.15) is 11.4 Å². The van der Waals surface area contributed by atoms with Gasteiger partial charge in [-0.3, -0.25) is 4.72 Å². The molecule has 0 saturated heterocycles. The Morgan fingerprint density at radius 3 is 2.31 bits per heavy atom. The molecule has 0 aliphatic carbocycles. The molecule has 1 aromatic heterocycles. The van der Waals surface area contributed by atoms with E-state index in [1.165, 1.54) is 33.5 Å². The van der Waals surface area contributed by atoms with E-state index in [0.717, 1.165) is 0 Å². The monoisotopic (exact) mass is 378 g/mol. The zero-order valence-corrected chi connectivity index (χ0v) is 15.3. The van der Waals surface area contributed by atoms with E-state index in [1.807, 2.05) is 0 Å². The molecule has 3 aromatic rings. The Kier molecular flexibility index (Phi) is 4.90. The molecular formula is C17H18N2O6S. The van der Waals surface area contributed by atoms with Gasteiger partial charge in [-0.2, -0.15) is 0 Å². The van der Waals surface area contributed by atoms with Crippen molar-refractivity contribution in [2.75, 3.05) is 26.1 Å². The maximum atomic E-state index is 12.6. The van der Waals surface area contributed by atoms with Gasteiger partial charge in [0, 0.05) is 17.5 Å². The lowest BCUT2D eigenvalue weighted by molar-refractivity contribution is 0.324. The minimum Gasteiger partial charge on any atom is -0.493 e. The van der Waals surface area contributed by atoms with E-state index in [1.54, 1.807) is 24.3 Å². The molecule has 9 heteroatoms. The SMILES string of the molecule is COc1cc(NS(=O)(=O)Cc2noc3ccccc23)cc(OC)c1OC. The van der Waals surface area contributed by atoms with Gasteiger partial charge in [0.15, 0.2) is 17.1 Å². The van der Waals surface area contributed by atoms with E-state index >= 15 is 0 Å². The maximum Gasteiger partial charge on any atom is 0.238 e. The summed E-state index contributed by atoms with van der Waals surface area (Å²) in [7, 11) is 0.640. The summed E-state index contributed by atoms with van der Waals surface area (Å²) in [4.78, 5) is 0. The van der Waals surface area contributed by atoms with Crippen molar-refractivity contribution in [3.8, 4) is 17.2 Å². The highest BCUT2D eigenvalue weighted by atomic mass is 32.2. The number of anilines is 1. The zero-order chi connectivity index (χ0) is 18.7. The Labute approximate surface area is 150 Å². The van der Waals surface area contributed by atoms with Crippen molar-refractivity contribution in [3.05, 3.63) is 42.1 Å². The highest BCUT2D eigenvalue weighted by molar-refractivity contribution is 7.91. The first-order valence-electron chi connectivity index (χ1n) is 7.61. The van der Waals surface area contributed by atoms with E-state index in [9.17, 15) is 8.42 Å². The summed E-state index contributed by atoms with van der Waals surface area (Å²) >= 11 is 0. The topological polar surface area (TPSA) is 99.9 Å². The number of ether oxygens (including phenoxy) is 3. The molecule has 0 atom stereocenters. The predicted molar refractivity (Wildman–Crippen MR) is 96.4 cm³/mol. The van der Waals surface area contributed by atoms with E-state index < -0.39 is 10.0 Å². The van der Waals surface area contributed by atoms with Crippen LogP contribution in [0.25, 0.3) is 11.0 Å². The van der Waals surface area contributed by atoms with Gasteiger partial charge in [-0.1, -0.05) is 17.3 Å². The van der Waals surface area contributed by atoms with Crippen molar-refractivity contribution in [1.29, 1.82) is 0 Å². The summed E-state index contributed by atoms with van der Waals surface area (Å²) < 4.78 is 48.5. The van der Waals surface area contributed by atoms with Crippen molar-refractivity contribution < 1.29 is 27.2 Å². The molecule has 138 valence electrons. The molecule has 0 aliphatic heterocycles. The fourth-order valence-electron chi connectivity index (χ4n) is 2.58. The number of aromatic nitrogens is 1. The van der Waals surface area contributed by atoms with Crippen LogP contribution in [0.2, 0.25) is 0 Å². The van der Waals surface area contributed by atoms with E-state index in [0.29, 0.717) is 33.9 Å². The van der Waals surface area contributed by atoms with Gasteiger partial charge in [-0.15, -0.1) is 0 Å². The van der Waals surface area contributed by atoms with Crippen molar-refractivity contribution in [1.82, 2.24) is 5.16 Å². The summed E-state index contributed by atoms with van der Waals surface area (Å²) in [6, 6.07) is 10.1. The van der Waals surface area contributed by atoms with Crippen LogP contribution in [0.1, 0.15) is 5.69 Å². The van der Waals surface area contributed by atoms with Crippen LogP contribution in [-0.4, -0.2) is 34.9 Å². The van der Waals surface area contributed by atoms with Gasteiger partial charge in [-0.05, 0) is 12.1 Å². The average molecular weight is 378 g/mol. The van der Waals surface area contributed by atoms with Crippen LogP contribution < -0.4 is 18.9 Å². The highest BCUT2D eigenvalue weighted by Crippen LogP contribution is 2.40. The van der Waals surface area contributed by atoms with Crippen LogP contribution in [0.15, 0.2) is 40.9 Å². The number of nitrogens with one attached hydrogen (secondary N) is 1. The van der Waals surface area contributed by atoms with E-state index in [4.69, 9.17) is 18.7 Å². The lowest BCUT2D eigenvalue weighted by atomic mass is 10.2. The standard InChI is InChI=1S/C17H18N2O6S/c1-22-15-8-11(9-16(23-2)17(15)24-3)19-26(20,21)10-13-12-6-4-5-7-14(12)25-18-13/h4-9,19H,10H2,1-3H3. The fourth-order valence-corrected chi connectivity index (χ4v) is 3.70. The third kappa shape index (κ3) is 3.52. The molecule has 0 unspecified atom stereocenters. The predicted octanol–water partition coefficient (Wildman–Crippen LogP) is 2.80. The van der Waals surface area contributed by atoms with Crippen molar-refractivity contribution in [3.63, 3.8) is 0 Å². The van der Waals surface area contributed by atoms with E-state index in [2.05, 4.69) is 9.88 Å². The molecule has 0 spiro atoms. The zero-order valence-electron chi connectivity index (χ0n) is 14.5. The number of rotatable bonds is 7. The molecule has 0 fully saturated rings. The summed E-state index contributed by atoms with van der Waals surface area (Å²) in [6.45, 7) is 0. The maximum absolute atomic E-state index is 12.6. The van der Waals surface area contributed by atoms with Crippen LogP contribution in [-0.2, 0) is 15.8 Å². The normalized spacial score (nSPS) is 11.3. The smallest absolute Gasteiger partial charge is 0.238 e. The third-order valence-corrected chi connectivity index (χ3v) is 4.92. The Balaban J connectivity index is 1.90. The van der Waals surface area contributed by atoms with Crippen LogP contribution in [0.4, 0.5) is 5.69 Å². The molecule has 0 radical (unpaired) electrons. The second-order valence-electron chi connectivity index (χ2n) is 5.40. The number of hydrogen-bond acceptors (Lipinski definition) is 7. The Bertz CT molecular complexity index is 1000. The molecule has 26 heavy (non-hydrogen) atoms. The molecule has 1 heterocycles. The summed E-state index contributed by atoms with van der Waals surface area (Å²) in [5.41, 5.74) is 1.15. The molecule has 0 bridgehead atoms. The van der Waals surface area contributed by atoms with Crippen molar-refractivity contribution >= 4 is 26.7 Å². The van der Waals surface area contributed by atoms with Crippen molar-refractivity contribution in [2.24, 2.45) is 0 Å². The first-order valence-corrected chi connectivity index (χ1v) is 9.26. The van der Waals surface area contributed by atoms with Crippen LogP contribution >= 0.6 is 0 Å². The molecule has 2 aromatic carbocycles. The third-order valence-electron chi connectivity index (χ3n) is 3.72. The van der Waals surface area contributed by atoms with Gasteiger partial charge < -0.3 is 18.7 Å². The van der Waals surface area contributed by atoms with E-state index in [-0.39, 0.29) is 11.4 Å². The summed E-state index contributed by atoms with van der Waals surface area (Å²) in [5.74, 6) is 0.731. The van der Waals surface area contributed by atoms with Crippen LogP contribution in [0.3, 0.4) is 0 Å². The Morgan fingerprint density at radius 2 is 1.69 bits per heavy atom. The first kappa shape index (κ1) is 17.9. The molecule has 1 N–H and O–H groups in total. The van der Waals surface area contributed by atoms with Gasteiger partial charge in [0.05, 0.1) is 27.0 Å². The minimum atomic E-state index is -3.74. The van der Waals surface area contributed by atoms with Gasteiger partial charge in [0.2, 0.25) is 15.8 Å². The lowest BCUT2D eigenvalue weighted by Gasteiger charge is -2.15. The highest BCUT2D eigenvalue weighted by Gasteiger charge is 2.20. The molecular weight excluding hydrogens is 360 g/mol. The van der Waals surface area contributed by atoms with Gasteiger partial charge in [0.25, 0.3) is 0 Å². The number of benzene rings is 2. The van der Waals surface area contributed by atoms with Gasteiger partial charge >= 0.3 is 0 Å². The molecule has 0 amide bonds. The quantitative estimate of drug-likeness (QED) is 0.675. The van der Waals surface area contributed by atoms with Crippen molar-refractivity contribution in [2.45, 2.75) is 5.75 Å². The average Bonchev–Trinajstić information content (AvgIpc) is 3.02. The number of para-hydroxylation sites is 1. The second-order valence-corrected chi connectivity index (χ2v) is 7.12. The summed E-state index contributed by atoms with van der Waals surface area (Å²) in [6.07, 6.45) is 0. The van der Waals surface area contributed by atoms with Gasteiger partial charge in [-0.25, -0.2) is 8.42 Å². The first-order chi connectivity index (χ1) is 12.5. The lowest BCUT2D eigenvalue weighted by Crippen LogP contribution is -2.15. The number of hydrogen-bond donors (Lipinski definition) is 1. The van der Waals surface area contributed by atoms with Crippen LogP contribution in [0.5, 0.6) is 17.2 Å². The largest absolute Gasteiger partial charge is 0.493 e. The Hall–Kier alpha value is -2.94.